The van der Waals surface area contributed by atoms with Crippen LogP contribution in [-0.4, -0.2) is 27.7 Å². The van der Waals surface area contributed by atoms with E-state index in [9.17, 15) is 14.4 Å². The number of urea groups is 1. The van der Waals surface area contributed by atoms with Crippen LogP contribution in [0.5, 0.6) is 0 Å². The van der Waals surface area contributed by atoms with Crippen molar-refractivity contribution in [1.82, 2.24) is 15.3 Å². The number of H-pyrrole nitrogens is 1. The highest BCUT2D eigenvalue weighted by Crippen LogP contribution is 2.36. The summed E-state index contributed by atoms with van der Waals surface area (Å²) in [7, 11) is 0. The maximum atomic E-state index is 12.4. The Morgan fingerprint density at radius 1 is 1.52 bits per heavy atom. The van der Waals surface area contributed by atoms with Gasteiger partial charge in [0.2, 0.25) is 5.91 Å². The van der Waals surface area contributed by atoms with Crippen LogP contribution in [0.3, 0.4) is 0 Å². The smallest absolute Gasteiger partial charge is 0.318 e. The average Bonchev–Trinajstić information content (AvgIpc) is 2.82. The highest BCUT2D eigenvalue weighted by atomic mass is 32.2. The van der Waals surface area contributed by atoms with Crippen LogP contribution in [0.25, 0.3) is 10.2 Å². The molecule has 0 saturated heterocycles. The van der Waals surface area contributed by atoms with E-state index in [1.54, 1.807) is 11.3 Å². The van der Waals surface area contributed by atoms with Crippen molar-refractivity contribution < 1.29 is 9.59 Å². The van der Waals surface area contributed by atoms with E-state index in [-0.39, 0.29) is 11.3 Å². The fraction of sp³-hybridized carbons (Fsp3) is 0.429. The van der Waals surface area contributed by atoms with Crippen molar-refractivity contribution in [2.45, 2.75) is 31.3 Å². The van der Waals surface area contributed by atoms with Gasteiger partial charge in [0.25, 0.3) is 5.56 Å². The van der Waals surface area contributed by atoms with Gasteiger partial charge in [0.1, 0.15) is 4.83 Å². The minimum absolute atomic E-state index is 0.0422. The first-order chi connectivity index (χ1) is 10.9. The number of thiophene rings is 1. The van der Waals surface area contributed by atoms with Gasteiger partial charge in [-0.05, 0) is 30.7 Å². The van der Waals surface area contributed by atoms with Gasteiger partial charge >= 0.3 is 6.03 Å². The molecule has 0 aromatic carbocycles. The Morgan fingerprint density at radius 3 is 3.04 bits per heavy atom. The van der Waals surface area contributed by atoms with Crippen molar-refractivity contribution in [3.8, 4) is 0 Å². The van der Waals surface area contributed by atoms with Crippen molar-refractivity contribution in [3.63, 3.8) is 0 Å². The summed E-state index contributed by atoms with van der Waals surface area (Å²) in [6, 6.07) is -0.896. The molecule has 0 fully saturated rings. The van der Waals surface area contributed by atoms with Crippen molar-refractivity contribution >= 4 is 45.3 Å². The minimum atomic E-state index is -0.896. The van der Waals surface area contributed by atoms with Gasteiger partial charge < -0.3 is 10.7 Å². The molecule has 1 aliphatic carbocycles. The molecule has 2 aromatic rings. The third-order valence-electron chi connectivity index (χ3n) is 3.75. The number of carbonyl (C=O) groups excluding carboxylic acids is 2. The second kappa shape index (κ2) is 6.32. The van der Waals surface area contributed by atoms with Crippen molar-refractivity contribution in [3.05, 3.63) is 20.8 Å². The molecule has 9 heteroatoms. The fourth-order valence-electron chi connectivity index (χ4n) is 2.70. The first-order valence-electron chi connectivity index (χ1n) is 7.20. The molecule has 1 unspecified atom stereocenters. The lowest BCUT2D eigenvalue weighted by Crippen LogP contribution is -2.36. The van der Waals surface area contributed by atoms with E-state index in [1.165, 1.54) is 4.88 Å². The molecule has 2 aromatic heterocycles. The number of thioether (sulfide) groups is 1. The van der Waals surface area contributed by atoms with Gasteiger partial charge in [0, 0.05) is 4.88 Å². The number of aryl methyl sites for hydroxylation is 1. The number of rotatable bonds is 3. The van der Waals surface area contributed by atoms with E-state index in [4.69, 9.17) is 5.73 Å². The quantitative estimate of drug-likeness (QED) is 0.570. The second-order valence-corrected chi connectivity index (χ2v) is 7.65. The first kappa shape index (κ1) is 16.0. The van der Waals surface area contributed by atoms with Gasteiger partial charge in [-0.1, -0.05) is 18.7 Å². The molecule has 0 saturated carbocycles. The summed E-state index contributed by atoms with van der Waals surface area (Å²) < 4.78 is 0. The van der Waals surface area contributed by atoms with Crippen LogP contribution < -0.4 is 16.6 Å². The summed E-state index contributed by atoms with van der Waals surface area (Å²) in [5.41, 5.74) is 5.83. The summed E-state index contributed by atoms with van der Waals surface area (Å²) in [6.45, 7) is 2.21. The van der Waals surface area contributed by atoms with Crippen LogP contribution >= 0.6 is 23.1 Å². The van der Waals surface area contributed by atoms with Crippen molar-refractivity contribution in [1.29, 1.82) is 0 Å². The van der Waals surface area contributed by atoms with E-state index in [0.717, 1.165) is 36.6 Å². The van der Waals surface area contributed by atoms with Gasteiger partial charge in [-0.2, -0.15) is 0 Å². The van der Waals surface area contributed by atoms with Gasteiger partial charge in [-0.15, -0.1) is 11.3 Å². The Labute approximate surface area is 140 Å². The molecule has 2 heterocycles. The molecule has 122 valence electrons. The van der Waals surface area contributed by atoms with Crippen LogP contribution in [-0.2, 0) is 17.6 Å². The zero-order chi connectivity index (χ0) is 16.6. The topological polar surface area (TPSA) is 118 Å². The molecule has 7 nitrogen and oxygen atoms in total. The van der Waals surface area contributed by atoms with Crippen molar-refractivity contribution in [2.75, 3.05) is 5.75 Å². The summed E-state index contributed by atoms with van der Waals surface area (Å²) in [4.78, 5) is 43.5. The predicted molar refractivity (Wildman–Crippen MR) is 89.9 cm³/mol. The lowest BCUT2D eigenvalue weighted by molar-refractivity contribution is -0.117. The molecule has 3 amide bonds. The molecule has 23 heavy (non-hydrogen) atoms. The number of nitrogens with zero attached hydrogens (tertiary/aromatic N) is 1. The number of aromatic nitrogens is 2. The monoisotopic (exact) mass is 352 g/mol. The van der Waals surface area contributed by atoms with Crippen LogP contribution in [0, 0.1) is 5.92 Å². The fourth-order valence-corrected chi connectivity index (χ4v) is 4.81. The first-order valence-corrected chi connectivity index (χ1v) is 9.01. The zero-order valence-corrected chi connectivity index (χ0v) is 14.1. The number of hydrogen-bond donors (Lipinski definition) is 3. The van der Waals surface area contributed by atoms with Gasteiger partial charge in [0.05, 0.1) is 11.1 Å². The zero-order valence-electron chi connectivity index (χ0n) is 12.5. The van der Waals surface area contributed by atoms with Crippen LogP contribution in [0.4, 0.5) is 4.79 Å². The predicted octanol–water partition coefficient (Wildman–Crippen LogP) is 1.40. The molecule has 0 bridgehead atoms. The minimum Gasteiger partial charge on any atom is -0.351 e. The number of amides is 3. The van der Waals surface area contributed by atoms with Gasteiger partial charge in [-0.3, -0.25) is 14.9 Å². The van der Waals surface area contributed by atoms with Crippen LogP contribution in [0.1, 0.15) is 23.8 Å². The summed E-state index contributed by atoms with van der Waals surface area (Å²) in [6.07, 6.45) is 2.98. The molecule has 0 spiro atoms. The molecule has 1 aliphatic rings. The Balaban J connectivity index is 1.86. The number of nitrogens with one attached hydrogen (secondary N) is 2. The number of aromatic amines is 1. The Bertz CT molecular complexity index is 842. The van der Waals surface area contributed by atoms with Crippen LogP contribution in [0.2, 0.25) is 0 Å². The van der Waals surface area contributed by atoms with Crippen LogP contribution in [0.15, 0.2) is 9.95 Å². The average molecular weight is 352 g/mol. The molecule has 0 radical (unpaired) electrons. The molecule has 0 aliphatic heterocycles. The normalized spacial score (nSPS) is 17.0. The largest absolute Gasteiger partial charge is 0.351 e. The molecule has 1 atom stereocenters. The standard InChI is InChI=1S/C14H16N4O3S2/c1-6-2-3-7-8(4-6)23-12-10(7)11(20)17-14(18-12)22-5-9(19)16-13(15)21/h6H,2-5H2,1H3,(H,17,18,20)(H3,15,16,19,21). The lowest BCUT2D eigenvalue weighted by atomic mass is 9.89. The second-order valence-electron chi connectivity index (χ2n) is 5.60. The number of carbonyl (C=O) groups is 2. The molecule has 4 N–H and O–H groups in total. The molecular formula is C14H16N4O3S2. The number of primary amides is 1. The highest BCUT2D eigenvalue weighted by molar-refractivity contribution is 7.99. The van der Waals surface area contributed by atoms with E-state index in [2.05, 4.69) is 16.9 Å². The van der Waals surface area contributed by atoms with Gasteiger partial charge in [0.15, 0.2) is 5.16 Å². The lowest BCUT2D eigenvalue weighted by Gasteiger charge is -2.17. The Hall–Kier alpha value is -1.87. The number of fused-ring (bicyclic) bond motifs is 3. The molecule has 3 rings (SSSR count). The Morgan fingerprint density at radius 2 is 2.30 bits per heavy atom. The van der Waals surface area contributed by atoms with Crippen molar-refractivity contribution in [2.24, 2.45) is 11.7 Å². The van der Waals surface area contributed by atoms with Gasteiger partial charge in [-0.25, -0.2) is 9.78 Å². The highest BCUT2D eigenvalue weighted by Gasteiger charge is 2.23. The van der Waals surface area contributed by atoms with E-state index in [0.29, 0.717) is 21.3 Å². The van der Waals surface area contributed by atoms with E-state index < -0.39 is 11.9 Å². The summed E-state index contributed by atoms with van der Waals surface area (Å²) >= 11 is 2.62. The SMILES string of the molecule is CC1CCc2c(sc3nc(SCC(=O)NC(N)=O)[nH]c(=O)c23)C1. The van der Waals surface area contributed by atoms with E-state index in [1.807, 2.05) is 5.32 Å². The summed E-state index contributed by atoms with van der Waals surface area (Å²) in [5.74, 6) is 0.0602. The Kier molecular flexibility index (Phi) is 4.40. The maximum absolute atomic E-state index is 12.4. The number of imide groups is 1. The number of hydrogen-bond acceptors (Lipinski definition) is 6. The van der Waals surface area contributed by atoms with E-state index >= 15 is 0 Å². The maximum Gasteiger partial charge on any atom is 0.318 e. The number of nitrogens with two attached hydrogens (primary N) is 1. The third kappa shape index (κ3) is 3.40. The summed E-state index contributed by atoms with van der Waals surface area (Å²) in [5, 5.41) is 3.02. The molecular weight excluding hydrogens is 336 g/mol. The third-order valence-corrected chi connectivity index (χ3v) is 5.77.